The zero-order valence-electron chi connectivity index (χ0n) is 22.5. The normalized spacial score (nSPS) is 20.1. The molecule has 202 valence electrons. The van der Waals surface area contributed by atoms with Gasteiger partial charge in [-0.1, -0.05) is 51.3 Å². The second-order valence-electron chi connectivity index (χ2n) is 10.8. The summed E-state index contributed by atoms with van der Waals surface area (Å²) in [7, 11) is 1.75. The molecular formula is C29H42N4O3S. The van der Waals surface area contributed by atoms with E-state index in [0.717, 1.165) is 49.1 Å². The number of carbonyl (C=O) groups is 3. The van der Waals surface area contributed by atoms with Crippen LogP contribution < -0.4 is 10.6 Å². The lowest BCUT2D eigenvalue weighted by molar-refractivity contribution is -0.139. The van der Waals surface area contributed by atoms with Gasteiger partial charge in [0.2, 0.25) is 17.6 Å². The molecule has 4 rings (SSSR count). The minimum atomic E-state index is -0.524. The van der Waals surface area contributed by atoms with Crippen LogP contribution in [0.5, 0.6) is 0 Å². The number of nitrogens with one attached hydrogen (secondary N) is 2. The number of benzene rings is 1. The third-order valence-corrected chi connectivity index (χ3v) is 8.85. The number of thiazole rings is 1. The number of amides is 2. The number of likely N-dealkylation sites (tertiary alicyclic amines) is 1. The molecule has 0 unspecified atom stereocenters. The van der Waals surface area contributed by atoms with Gasteiger partial charge in [0.15, 0.2) is 0 Å². The quantitative estimate of drug-likeness (QED) is 0.445. The molecule has 8 heteroatoms. The first-order chi connectivity index (χ1) is 17.8. The summed E-state index contributed by atoms with van der Waals surface area (Å²) in [6.07, 6.45) is 6.96. The SMILES string of the molecule is CN[C@@H](C)C(=O)N[C@H](C(=O)N1CCC[C@H]1c1nc(C(=O)c2cccc(C(C)C)c2)cs1)C1CCCCC1.[HH]. The monoisotopic (exact) mass is 526 g/mol. The Morgan fingerprint density at radius 2 is 1.84 bits per heavy atom. The first-order valence-electron chi connectivity index (χ1n) is 13.7. The number of rotatable bonds is 9. The van der Waals surface area contributed by atoms with Gasteiger partial charge in [-0.25, -0.2) is 4.98 Å². The summed E-state index contributed by atoms with van der Waals surface area (Å²) in [6.45, 7) is 6.67. The van der Waals surface area contributed by atoms with Gasteiger partial charge in [0.1, 0.15) is 16.7 Å². The van der Waals surface area contributed by atoms with E-state index in [1.54, 1.807) is 14.0 Å². The van der Waals surface area contributed by atoms with E-state index < -0.39 is 6.04 Å². The molecular weight excluding hydrogens is 484 g/mol. The molecule has 2 aromatic rings. The van der Waals surface area contributed by atoms with Crippen LogP contribution in [0.1, 0.15) is 106 Å². The van der Waals surface area contributed by atoms with Crippen molar-refractivity contribution in [1.82, 2.24) is 20.5 Å². The first-order valence-corrected chi connectivity index (χ1v) is 14.6. The Morgan fingerprint density at radius 1 is 1.08 bits per heavy atom. The average Bonchev–Trinajstić information content (AvgIpc) is 3.61. The smallest absolute Gasteiger partial charge is 0.246 e. The molecule has 2 aliphatic rings. The topological polar surface area (TPSA) is 91.4 Å². The maximum absolute atomic E-state index is 13.9. The number of carbonyl (C=O) groups excluding carboxylic acids is 3. The first kappa shape index (κ1) is 27.5. The van der Waals surface area contributed by atoms with Crippen LogP contribution in [0.3, 0.4) is 0 Å². The molecule has 3 atom stereocenters. The summed E-state index contributed by atoms with van der Waals surface area (Å²) in [5.74, 6) is 0.239. The Kier molecular flexibility index (Phi) is 9.13. The van der Waals surface area contributed by atoms with Gasteiger partial charge in [-0.15, -0.1) is 11.3 Å². The minimum absolute atomic E-state index is 0. The fourth-order valence-electron chi connectivity index (χ4n) is 5.46. The van der Waals surface area contributed by atoms with Crippen molar-refractivity contribution in [1.29, 1.82) is 0 Å². The fourth-order valence-corrected chi connectivity index (χ4v) is 6.40. The largest absolute Gasteiger partial charge is 0.343 e. The summed E-state index contributed by atoms with van der Waals surface area (Å²) < 4.78 is 0. The van der Waals surface area contributed by atoms with Crippen molar-refractivity contribution in [3.05, 3.63) is 51.5 Å². The lowest BCUT2D eigenvalue weighted by Crippen LogP contribution is -2.55. The van der Waals surface area contributed by atoms with E-state index in [-0.39, 0.29) is 37.0 Å². The molecule has 2 N–H and O–H groups in total. The molecule has 1 aromatic heterocycles. The van der Waals surface area contributed by atoms with Gasteiger partial charge in [-0.2, -0.15) is 0 Å². The maximum Gasteiger partial charge on any atom is 0.246 e. The number of ketones is 1. The Bertz CT molecular complexity index is 1110. The van der Waals surface area contributed by atoms with Crippen molar-refractivity contribution in [2.45, 2.75) is 89.8 Å². The molecule has 2 fully saturated rings. The van der Waals surface area contributed by atoms with Crippen molar-refractivity contribution in [3.8, 4) is 0 Å². The Morgan fingerprint density at radius 3 is 2.54 bits per heavy atom. The van der Waals surface area contributed by atoms with Gasteiger partial charge in [0.25, 0.3) is 0 Å². The molecule has 1 saturated heterocycles. The maximum atomic E-state index is 13.9. The van der Waals surface area contributed by atoms with E-state index in [1.807, 2.05) is 34.5 Å². The molecule has 1 saturated carbocycles. The van der Waals surface area contributed by atoms with Crippen molar-refractivity contribution < 1.29 is 15.8 Å². The second-order valence-corrected chi connectivity index (χ2v) is 11.7. The molecule has 1 aliphatic heterocycles. The van der Waals surface area contributed by atoms with E-state index in [2.05, 4.69) is 24.5 Å². The van der Waals surface area contributed by atoms with E-state index in [4.69, 9.17) is 4.98 Å². The van der Waals surface area contributed by atoms with E-state index in [0.29, 0.717) is 23.7 Å². The Labute approximate surface area is 225 Å². The van der Waals surface area contributed by atoms with Gasteiger partial charge in [0.05, 0.1) is 12.1 Å². The minimum Gasteiger partial charge on any atom is -0.343 e. The molecule has 37 heavy (non-hydrogen) atoms. The Balaban J connectivity index is 0.00000400. The van der Waals surface area contributed by atoms with E-state index in [1.165, 1.54) is 17.8 Å². The molecule has 2 amide bonds. The molecule has 0 radical (unpaired) electrons. The van der Waals surface area contributed by atoms with Gasteiger partial charge < -0.3 is 15.5 Å². The van der Waals surface area contributed by atoms with Crippen LogP contribution in [0.4, 0.5) is 0 Å². The van der Waals surface area contributed by atoms with Crippen molar-refractivity contribution in [3.63, 3.8) is 0 Å². The highest BCUT2D eigenvalue weighted by Gasteiger charge is 2.40. The van der Waals surface area contributed by atoms with Crippen LogP contribution in [0.15, 0.2) is 29.6 Å². The van der Waals surface area contributed by atoms with Gasteiger partial charge >= 0.3 is 0 Å². The highest BCUT2D eigenvalue weighted by molar-refractivity contribution is 7.10. The van der Waals surface area contributed by atoms with Crippen LogP contribution in [0.25, 0.3) is 0 Å². The summed E-state index contributed by atoms with van der Waals surface area (Å²) in [6, 6.07) is 6.68. The zero-order chi connectivity index (χ0) is 26.5. The second kappa shape index (κ2) is 12.3. The Hall–Kier alpha value is -2.58. The predicted octanol–water partition coefficient (Wildman–Crippen LogP) is 5.08. The molecule has 1 aromatic carbocycles. The summed E-state index contributed by atoms with van der Waals surface area (Å²) >= 11 is 1.45. The van der Waals surface area contributed by atoms with Crippen molar-refractivity contribution in [2.24, 2.45) is 5.92 Å². The number of hydrogen-bond acceptors (Lipinski definition) is 6. The zero-order valence-corrected chi connectivity index (χ0v) is 23.3. The highest BCUT2D eigenvalue weighted by atomic mass is 32.1. The van der Waals surface area contributed by atoms with Crippen molar-refractivity contribution >= 4 is 28.9 Å². The lowest BCUT2D eigenvalue weighted by atomic mass is 9.83. The van der Waals surface area contributed by atoms with Crippen LogP contribution in [0, 0.1) is 5.92 Å². The average molecular weight is 527 g/mol. The van der Waals surface area contributed by atoms with E-state index in [9.17, 15) is 14.4 Å². The van der Waals surface area contributed by atoms with Crippen LogP contribution in [-0.4, -0.2) is 53.2 Å². The van der Waals surface area contributed by atoms with Crippen LogP contribution in [0.2, 0.25) is 0 Å². The van der Waals surface area contributed by atoms with Gasteiger partial charge in [-0.3, -0.25) is 14.4 Å². The number of nitrogens with zero attached hydrogens (tertiary/aromatic N) is 2. The predicted molar refractivity (Wildman–Crippen MR) is 149 cm³/mol. The third kappa shape index (κ3) is 6.29. The lowest BCUT2D eigenvalue weighted by Gasteiger charge is -2.35. The highest BCUT2D eigenvalue weighted by Crippen LogP contribution is 2.36. The third-order valence-electron chi connectivity index (χ3n) is 7.90. The van der Waals surface area contributed by atoms with Crippen molar-refractivity contribution in [2.75, 3.05) is 13.6 Å². The molecule has 0 bridgehead atoms. The number of likely N-dealkylation sites (N-methyl/N-ethyl adjacent to an activating group) is 1. The molecule has 2 heterocycles. The molecule has 0 spiro atoms. The van der Waals surface area contributed by atoms with Crippen LogP contribution >= 0.6 is 11.3 Å². The molecule has 7 nitrogen and oxygen atoms in total. The number of hydrogen-bond donors (Lipinski definition) is 2. The summed E-state index contributed by atoms with van der Waals surface area (Å²) in [5.41, 5.74) is 2.19. The summed E-state index contributed by atoms with van der Waals surface area (Å²) in [4.78, 5) is 46.6. The van der Waals surface area contributed by atoms with Gasteiger partial charge in [0, 0.05) is 18.9 Å². The summed E-state index contributed by atoms with van der Waals surface area (Å²) in [5, 5.41) is 8.67. The standard InChI is InChI=1S/C29H40N4O3S.H2/c1-18(2)21-12-8-13-22(16-21)26(34)23-17-37-28(31-23)24-14-9-15-33(24)29(36)25(20-10-6-5-7-11-20)32-27(35)19(3)30-4;/h8,12-13,16-20,24-25,30H,5-7,9-11,14-15H2,1-4H3,(H,32,35);1H/t19-,24-,25-;/m0./s1. The van der Waals surface area contributed by atoms with Crippen LogP contribution in [-0.2, 0) is 9.59 Å². The van der Waals surface area contributed by atoms with E-state index >= 15 is 0 Å². The molecule has 1 aliphatic carbocycles. The fraction of sp³-hybridized carbons (Fsp3) is 0.586. The number of aromatic nitrogens is 1. The van der Waals surface area contributed by atoms with Gasteiger partial charge in [-0.05, 0) is 63.1 Å².